The quantitative estimate of drug-likeness (QED) is 0.786. The highest BCUT2D eigenvalue weighted by Gasteiger charge is 2.22. The first kappa shape index (κ1) is 15.7. The average molecular weight is 314 g/mol. The SMILES string of the molecule is O=C(NCCCSCc1ccccc1Cl)[C@H]1CCOC1. The molecule has 3 nitrogen and oxygen atoms in total. The predicted molar refractivity (Wildman–Crippen MR) is 84.2 cm³/mol. The molecule has 1 aromatic carbocycles. The van der Waals surface area contributed by atoms with Crippen molar-refractivity contribution in [1.29, 1.82) is 0 Å². The van der Waals surface area contributed by atoms with Crippen molar-refractivity contribution in [3.05, 3.63) is 34.9 Å². The van der Waals surface area contributed by atoms with E-state index in [1.54, 1.807) is 0 Å². The Morgan fingerprint density at radius 3 is 3.05 bits per heavy atom. The van der Waals surface area contributed by atoms with Gasteiger partial charge in [0.15, 0.2) is 0 Å². The van der Waals surface area contributed by atoms with E-state index in [0.29, 0.717) is 13.2 Å². The molecule has 2 rings (SSSR count). The monoisotopic (exact) mass is 313 g/mol. The highest BCUT2D eigenvalue weighted by atomic mass is 35.5. The van der Waals surface area contributed by atoms with Crippen LogP contribution in [0.3, 0.4) is 0 Å². The predicted octanol–water partition coefficient (Wildman–Crippen LogP) is 3.12. The van der Waals surface area contributed by atoms with Gasteiger partial charge in [0, 0.05) is 23.9 Å². The second-order valence-corrected chi connectivity index (χ2v) is 6.36. The average Bonchev–Trinajstić information content (AvgIpc) is 2.98. The highest BCUT2D eigenvalue weighted by Crippen LogP contribution is 2.20. The van der Waals surface area contributed by atoms with Gasteiger partial charge in [-0.3, -0.25) is 4.79 Å². The molecule has 1 fully saturated rings. The number of halogens is 1. The standard InChI is InChI=1S/C15H20ClNO2S/c16-14-5-2-1-4-13(14)11-20-9-3-7-17-15(18)12-6-8-19-10-12/h1-2,4-5,12H,3,6-11H2,(H,17,18)/t12-/m0/s1. The van der Waals surface area contributed by atoms with Gasteiger partial charge in [0.1, 0.15) is 0 Å². The minimum absolute atomic E-state index is 0.0609. The van der Waals surface area contributed by atoms with Crippen LogP contribution in [-0.4, -0.2) is 31.4 Å². The number of benzene rings is 1. The number of carbonyl (C=O) groups excluding carboxylic acids is 1. The molecule has 5 heteroatoms. The van der Waals surface area contributed by atoms with Gasteiger partial charge in [-0.25, -0.2) is 0 Å². The zero-order valence-electron chi connectivity index (χ0n) is 11.4. The van der Waals surface area contributed by atoms with Crippen molar-refractivity contribution in [2.45, 2.75) is 18.6 Å². The molecule has 20 heavy (non-hydrogen) atoms. The van der Waals surface area contributed by atoms with E-state index in [4.69, 9.17) is 16.3 Å². The van der Waals surface area contributed by atoms with Gasteiger partial charge >= 0.3 is 0 Å². The fraction of sp³-hybridized carbons (Fsp3) is 0.533. The first-order chi connectivity index (χ1) is 9.77. The summed E-state index contributed by atoms with van der Waals surface area (Å²) in [6, 6.07) is 7.92. The number of thioether (sulfide) groups is 1. The number of rotatable bonds is 7. The van der Waals surface area contributed by atoms with Gasteiger partial charge in [-0.1, -0.05) is 29.8 Å². The molecule has 1 atom stereocenters. The highest BCUT2D eigenvalue weighted by molar-refractivity contribution is 7.98. The molecule has 0 radical (unpaired) electrons. The summed E-state index contributed by atoms with van der Waals surface area (Å²) in [6.07, 6.45) is 1.83. The van der Waals surface area contributed by atoms with E-state index in [2.05, 4.69) is 11.4 Å². The number of nitrogens with one attached hydrogen (secondary N) is 1. The largest absolute Gasteiger partial charge is 0.381 e. The summed E-state index contributed by atoms with van der Waals surface area (Å²) < 4.78 is 5.21. The Balaban J connectivity index is 1.53. The van der Waals surface area contributed by atoms with E-state index in [0.717, 1.165) is 35.9 Å². The van der Waals surface area contributed by atoms with Crippen LogP contribution in [0.4, 0.5) is 0 Å². The molecule has 1 heterocycles. The summed E-state index contributed by atoms with van der Waals surface area (Å²) in [6.45, 7) is 2.03. The van der Waals surface area contributed by atoms with E-state index in [9.17, 15) is 4.79 Å². The van der Waals surface area contributed by atoms with Gasteiger partial charge in [-0.05, 0) is 30.2 Å². The van der Waals surface area contributed by atoms with Crippen molar-refractivity contribution in [2.24, 2.45) is 5.92 Å². The van der Waals surface area contributed by atoms with Gasteiger partial charge in [0.25, 0.3) is 0 Å². The molecule has 110 valence electrons. The smallest absolute Gasteiger partial charge is 0.225 e. The molecule has 0 unspecified atom stereocenters. The molecule has 0 saturated carbocycles. The minimum Gasteiger partial charge on any atom is -0.381 e. The van der Waals surface area contributed by atoms with Crippen molar-refractivity contribution >= 4 is 29.3 Å². The lowest BCUT2D eigenvalue weighted by molar-refractivity contribution is -0.124. The molecule has 1 amide bonds. The Kier molecular flexibility index (Phi) is 6.70. The van der Waals surface area contributed by atoms with Crippen molar-refractivity contribution in [1.82, 2.24) is 5.32 Å². The van der Waals surface area contributed by atoms with Crippen LogP contribution in [0.5, 0.6) is 0 Å². The fourth-order valence-electron chi connectivity index (χ4n) is 2.07. The third kappa shape index (κ3) is 5.00. The maximum atomic E-state index is 11.7. The lowest BCUT2D eigenvalue weighted by Gasteiger charge is -2.09. The van der Waals surface area contributed by atoms with Gasteiger partial charge in [-0.2, -0.15) is 11.8 Å². The van der Waals surface area contributed by atoms with E-state index >= 15 is 0 Å². The molecule has 0 aromatic heterocycles. The molecule has 0 bridgehead atoms. The Hall–Kier alpha value is -0.710. The molecule has 1 aliphatic heterocycles. The molecular formula is C15H20ClNO2S. The first-order valence-electron chi connectivity index (χ1n) is 6.94. The van der Waals surface area contributed by atoms with Crippen LogP contribution in [0.25, 0.3) is 0 Å². The number of carbonyl (C=O) groups is 1. The fourth-order valence-corrected chi connectivity index (χ4v) is 3.32. The summed E-state index contributed by atoms with van der Waals surface area (Å²) in [5, 5.41) is 3.80. The maximum absolute atomic E-state index is 11.7. The summed E-state index contributed by atoms with van der Waals surface area (Å²) in [4.78, 5) is 11.7. The third-order valence-corrected chi connectivity index (χ3v) is 4.74. The van der Waals surface area contributed by atoms with Crippen LogP contribution in [0.15, 0.2) is 24.3 Å². The van der Waals surface area contributed by atoms with E-state index in [-0.39, 0.29) is 11.8 Å². The summed E-state index contributed by atoms with van der Waals surface area (Å²) >= 11 is 7.94. The van der Waals surface area contributed by atoms with Gasteiger partial charge in [0.2, 0.25) is 5.91 Å². The van der Waals surface area contributed by atoms with Crippen LogP contribution in [-0.2, 0) is 15.3 Å². The van der Waals surface area contributed by atoms with Crippen molar-refractivity contribution < 1.29 is 9.53 Å². The van der Waals surface area contributed by atoms with Gasteiger partial charge in [-0.15, -0.1) is 0 Å². The van der Waals surface area contributed by atoms with Crippen molar-refractivity contribution in [3.8, 4) is 0 Å². The summed E-state index contributed by atoms with van der Waals surface area (Å²) in [7, 11) is 0. The second-order valence-electron chi connectivity index (χ2n) is 4.85. The zero-order chi connectivity index (χ0) is 14.2. The van der Waals surface area contributed by atoms with Crippen molar-refractivity contribution in [2.75, 3.05) is 25.5 Å². The molecule has 1 N–H and O–H groups in total. The number of hydrogen-bond donors (Lipinski definition) is 1. The number of hydrogen-bond acceptors (Lipinski definition) is 3. The Bertz CT molecular complexity index is 436. The molecule has 0 aliphatic carbocycles. The second kappa shape index (κ2) is 8.55. The van der Waals surface area contributed by atoms with Gasteiger partial charge in [0.05, 0.1) is 12.5 Å². The third-order valence-electron chi connectivity index (χ3n) is 3.28. The van der Waals surface area contributed by atoms with E-state index in [1.807, 2.05) is 30.0 Å². The molecule has 0 spiro atoms. The van der Waals surface area contributed by atoms with E-state index in [1.165, 1.54) is 5.56 Å². The normalized spacial score (nSPS) is 18.1. The Labute approximate surface area is 129 Å². The topological polar surface area (TPSA) is 38.3 Å². The Morgan fingerprint density at radius 1 is 1.45 bits per heavy atom. The lowest BCUT2D eigenvalue weighted by atomic mass is 10.1. The van der Waals surface area contributed by atoms with Crippen LogP contribution in [0, 0.1) is 5.92 Å². The number of ether oxygens (including phenoxy) is 1. The van der Waals surface area contributed by atoms with Crippen LogP contribution in [0.2, 0.25) is 5.02 Å². The number of amides is 1. The molecular weight excluding hydrogens is 294 g/mol. The Morgan fingerprint density at radius 2 is 2.30 bits per heavy atom. The van der Waals surface area contributed by atoms with Crippen molar-refractivity contribution in [3.63, 3.8) is 0 Å². The molecule has 1 aliphatic rings. The summed E-state index contributed by atoms with van der Waals surface area (Å²) in [5.41, 5.74) is 1.17. The molecule has 1 saturated heterocycles. The van der Waals surface area contributed by atoms with Crippen LogP contribution >= 0.6 is 23.4 Å². The van der Waals surface area contributed by atoms with Crippen LogP contribution in [0.1, 0.15) is 18.4 Å². The summed E-state index contributed by atoms with van der Waals surface area (Å²) in [5.74, 6) is 2.14. The lowest BCUT2D eigenvalue weighted by Crippen LogP contribution is -2.31. The minimum atomic E-state index is 0.0609. The van der Waals surface area contributed by atoms with E-state index < -0.39 is 0 Å². The first-order valence-corrected chi connectivity index (χ1v) is 8.47. The van der Waals surface area contributed by atoms with Gasteiger partial charge < -0.3 is 10.1 Å². The zero-order valence-corrected chi connectivity index (χ0v) is 13.0. The molecule has 1 aromatic rings. The van der Waals surface area contributed by atoms with Crippen LogP contribution < -0.4 is 5.32 Å². The maximum Gasteiger partial charge on any atom is 0.225 e.